The lowest BCUT2D eigenvalue weighted by atomic mass is 9.94. The van der Waals surface area contributed by atoms with Gasteiger partial charge in [0.05, 0.1) is 11.1 Å². The Hall–Kier alpha value is -7.42. The molecule has 0 atom stereocenters. The van der Waals surface area contributed by atoms with Gasteiger partial charge < -0.3 is 9.32 Å². The van der Waals surface area contributed by atoms with Gasteiger partial charge in [0.25, 0.3) is 0 Å². The molecule has 0 saturated carbocycles. The Morgan fingerprint density at radius 3 is 1.12 bits per heavy atom. The van der Waals surface area contributed by atoms with E-state index >= 15 is 0 Å². The first kappa shape index (κ1) is 33.2. The Morgan fingerprint density at radius 1 is 0.286 bits per heavy atom. The fraction of sp³-hybridized carbons (Fsp3) is 0. The summed E-state index contributed by atoms with van der Waals surface area (Å²) < 4.78 is 6.74. The highest BCUT2D eigenvalue weighted by atomic mass is 16.3. The summed E-state index contributed by atoms with van der Waals surface area (Å²) in [5, 5.41) is 2.17. The Morgan fingerprint density at radius 2 is 0.661 bits per heavy atom. The Labute approximate surface area is 327 Å². The van der Waals surface area contributed by atoms with Crippen LogP contribution < -0.4 is 4.90 Å². The zero-order valence-electron chi connectivity index (χ0n) is 30.7. The molecule has 0 fully saturated rings. The SMILES string of the molecule is c1ccc(-c2ccccc2-c2ccc(N(c3ccc(-c4ccccc4-c4ccccc4)cc3)c3ccc(-c4ccccc4)c4oc5ccccc5c34)cc2)cc1. The summed E-state index contributed by atoms with van der Waals surface area (Å²) >= 11 is 0. The Kier molecular flexibility index (Phi) is 8.55. The molecule has 10 rings (SSSR count). The van der Waals surface area contributed by atoms with Crippen molar-refractivity contribution in [1.82, 2.24) is 0 Å². The summed E-state index contributed by atoms with van der Waals surface area (Å²) in [5.74, 6) is 0. The van der Waals surface area contributed by atoms with Gasteiger partial charge in [-0.25, -0.2) is 0 Å². The molecule has 1 aromatic heterocycles. The zero-order chi connectivity index (χ0) is 37.3. The number of benzene rings is 9. The van der Waals surface area contributed by atoms with Crippen molar-refractivity contribution in [2.45, 2.75) is 0 Å². The van der Waals surface area contributed by atoms with E-state index in [4.69, 9.17) is 4.42 Å². The molecule has 1 heterocycles. The molecule has 2 heteroatoms. The third-order valence-corrected chi connectivity index (χ3v) is 10.7. The molecular weight excluding hydrogens is 679 g/mol. The Bertz CT molecular complexity index is 2800. The maximum Gasteiger partial charge on any atom is 0.145 e. The maximum absolute atomic E-state index is 6.74. The number of nitrogens with zero attached hydrogens (tertiary/aromatic N) is 1. The predicted molar refractivity (Wildman–Crippen MR) is 236 cm³/mol. The van der Waals surface area contributed by atoms with Crippen molar-refractivity contribution in [3.8, 4) is 55.6 Å². The van der Waals surface area contributed by atoms with Crippen LogP contribution in [0.25, 0.3) is 77.6 Å². The molecule has 10 aromatic rings. The number of hydrogen-bond acceptors (Lipinski definition) is 2. The molecule has 0 bridgehead atoms. The molecule has 0 radical (unpaired) electrons. The topological polar surface area (TPSA) is 16.4 Å². The molecule has 9 aromatic carbocycles. The number of anilines is 3. The highest BCUT2D eigenvalue weighted by molar-refractivity contribution is 6.17. The number of rotatable bonds is 8. The molecule has 0 saturated heterocycles. The van der Waals surface area contributed by atoms with E-state index in [9.17, 15) is 0 Å². The normalized spacial score (nSPS) is 11.2. The van der Waals surface area contributed by atoms with Crippen LogP contribution in [0.1, 0.15) is 0 Å². The first-order valence-electron chi connectivity index (χ1n) is 19.1. The predicted octanol–water partition coefficient (Wildman–Crippen LogP) is 15.4. The van der Waals surface area contributed by atoms with Crippen LogP contribution in [0.3, 0.4) is 0 Å². The van der Waals surface area contributed by atoms with E-state index in [1.807, 2.05) is 6.07 Å². The third-order valence-electron chi connectivity index (χ3n) is 10.7. The average Bonchev–Trinajstić information content (AvgIpc) is 3.68. The lowest BCUT2D eigenvalue weighted by Crippen LogP contribution is -2.10. The monoisotopic (exact) mass is 715 g/mol. The van der Waals surface area contributed by atoms with Crippen LogP contribution in [0.15, 0.2) is 229 Å². The first-order chi connectivity index (χ1) is 27.8. The van der Waals surface area contributed by atoms with E-state index in [2.05, 4.69) is 223 Å². The van der Waals surface area contributed by atoms with Crippen molar-refractivity contribution in [3.05, 3.63) is 224 Å². The maximum atomic E-state index is 6.74. The summed E-state index contributed by atoms with van der Waals surface area (Å²) in [7, 11) is 0. The largest absolute Gasteiger partial charge is 0.455 e. The highest BCUT2D eigenvalue weighted by Crippen LogP contribution is 2.47. The molecule has 0 spiro atoms. The third kappa shape index (κ3) is 6.04. The summed E-state index contributed by atoms with van der Waals surface area (Å²) in [5.41, 5.74) is 16.7. The average molecular weight is 716 g/mol. The van der Waals surface area contributed by atoms with Crippen molar-refractivity contribution in [3.63, 3.8) is 0 Å². The van der Waals surface area contributed by atoms with E-state index in [-0.39, 0.29) is 0 Å². The summed E-state index contributed by atoms with van der Waals surface area (Å²) in [4.78, 5) is 2.37. The van der Waals surface area contributed by atoms with E-state index in [1.54, 1.807) is 0 Å². The second-order valence-electron chi connectivity index (χ2n) is 14.1. The number of furan rings is 1. The molecule has 0 aliphatic carbocycles. The van der Waals surface area contributed by atoms with Gasteiger partial charge >= 0.3 is 0 Å². The number of hydrogen-bond donors (Lipinski definition) is 0. The lowest BCUT2D eigenvalue weighted by molar-refractivity contribution is 0.670. The molecule has 0 amide bonds. The van der Waals surface area contributed by atoms with Gasteiger partial charge in [0.1, 0.15) is 11.2 Å². The molecule has 0 N–H and O–H groups in total. The van der Waals surface area contributed by atoms with Gasteiger partial charge in [-0.05, 0) is 92.5 Å². The minimum Gasteiger partial charge on any atom is -0.455 e. The van der Waals surface area contributed by atoms with Gasteiger partial charge in [0, 0.05) is 22.3 Å². The van der Waals surface area contributed by atoms with Gasteiger partial charge in [-0.15, -0.1) is 0 Å². The fourth-order valence-corrected chi connectivity index (χ4v) is 8.06. The van der Waals surface area contributed by atoms with E-state index in [1.165, 1.54) is 44.5 Å². The minimum atomic E-state index is 0.868. The van der Waals surface area contributed by atoms with Crippen LogP contribution in [-0.4, -0.2) is 0 Å². The minimum absolute atomic E-state index is 0.868. The second kappa shape index (κ2) is 14.4. The van der Waals surface area contributed by atoms with Crippen molar-refractivity contribution in [2.75, 3.05) is 4.90 Å². The second-order valence-corrected chi connectivity index (χ2v) is 14.1. The molecular formula is C54H37NO. The molecule has 0 aliphatic heterocycles. The molecule has 2 nitrogen and oxygen atoms in total. The van der Waals surface area contributed by atoms with Crippen LogP contribution in [0, 0.1) is 0 Å². The van der Waals surface area contributed by atoms with Crippen LogP contribution >= 0.6 is 0 Å². The highest BCUT2D eigenvalue weighted by Gasteiger charge is 2.22. The summed E-state index contributed by atoms with van der Waals surface area (Å²) in [6, 6.07) is 79.9. The van der Waals surface area contributed by atoms with Crippen molar-refractivity contribution >= 4 is 39.0 Å². The number of fused-ring (bicyclic) bond motifs is 3. The Balaban J connectivity index is 1.15. The molecule has 264 valence electrons. The molecule has 0 aliphatic rings. The lowest BCUT2D eigenvalue weighted by Gasteiger charge is -2.27. The van der Waals surface area contributed by atoms with Gasteiger partial charge in [-0.3, -0.25) is 0 Å². The fourth-order valence-electron chi connectivity index (χ4n) is 8.06. The standard InChI is InChI=1S/C54H37NO/c1-4-16-38(17-5-1)45-22-10-12-24-47(45)41-28-32-43(33-29-41)55(44-34-30-42(31-35-44)48-25-13-11-23-46(48)39-18-6-2-7-19-39)51-37-36-49(40-20-8-3-9-21-40)54-53(51)50-26-14-15-27-52(50)56-54/h1-37H. The van der Waals surface area contributed by atoms with Crippen molar-refractivity contribution in [2.24, 2.45) is 0 Å². The zero-order valence-corrected chi connectivity index (χ0v) is 30.7. The number of para-hydroxylation sites is 1. The van der Waals surface area contributed by atoms with Gasteiger partial charge in [0.15, 0.2) is 0 Å². The van der Waals surface area contributed by atoms with Crippen LogP contribution in [0.4, 0.5) is 17.1 Å². The van der Waals surface area contributed by atoms with Crippen LogP contribution in [0.2, 0.25) is 0 Å². The van der Waals surface area contributed by atoms with Crippen LogP contribution in [0.5, 0.6) is 0 Å². The van der Waals surface area contributed by atoms with Gasteiger partial charge in [0.2, 0.25) is 0 Å². The van der Waals surface area contributed by atoms with E-state index in [0.29, 0.717) is 0 Å². The first-order valence-corrected chi connectivity index (χ1v) is 19.1. The quantitative estimate of drug-likeness (QED) is 0.156. The van der Waals surface area contributed by atoms with E-state index in [0.717, 1.165) is 50.1 Å². The van der Waals surface area contributed by atoms with Crippen molar-refractivity contribution in [1.29, 1.82) is 0 Å². The smallest absolute Gasteiger partial charge is 0.145 e. The van der Waals surface area contributed by atoms with Gasteiger partial charge in [-0.1, -0.05) is 182 Å². The van der Waals surface area contributed by atoms with Gasteiger partial charge in [-0.2, -0.15) is 0 Å². The summed E-state index contributed by atoms with van der Waals surface area (Å²) in [6.45, 7) is 0. The molecule has 0 unspecified atom stereocenters. The van der Waals surface area contributed by atoms with Crippen LogP contribution in [-0.2, 0) is 0 Å². The summed E-state index contributed by atoms with van der Waals surface area (Å²) in [6.07, 6.45) is 0. The molecule has 56 heavy (non-hydrogen) atoms. The van der Waals surface area contributed by atoms with Crippen molar-refractivity contribution < 1.29 is 4.42 Å². The van der Waals surface area contributed by atoms with E-state index < -0.39 is 0 Å².